The van der Waals surface area contributed by atoms with Gasteiger partial charge in [-0.15, -0.1) is 0 Å². The van der Waals surface area contributed by atoms with Crippen LogP contribution in [0.4, 0.5) is 5.69 Å². The van der Waals surface area contributed by atoms with Gasteiger partial charge in [0.25, 0.3) is 0 Å². The number of ether oxygens (including phenoxy) is 1. The van der Waals surface area contributed by atoms with Crippen LogP contribution in [0.2, 0.25) is 0 Å². The van der Waals surface area contributed by atoms with Crippen molar-refractivity contribution in [1.29, 1.82) is 0 Å². The molecule has 0 aliphatic carbocycles. The topological polar surface area (TPSA) is 75.7 Å². The smallest absolute Gasteiger partial charge is 0.244 e. The van der Waals surface area contributed by atoms with Crippen molar-refractivity contribution in [3.63, 3.8) is 0 Å². The van der Waals surface area contributed by atoms with Crippen LogP contribution in [0.25, 0.3) is 0 Å². The molecule has 0 aromatic heterocycles. The third-order valence-electron chi connectivity index (χ3n) is 4.10. The predicted molar refractivity (Wildman–Crippen MR) is 101 cm³/mol. The van der Waals surface area contributed by atoms with E-state index in [4.69, 9.17) is 4.74 Å². The molecule has 2 atom stereocenters. The van der Waals surface area contributed by atoms with Gasteiger partial charge in [0.1, 0.15) is 11.8 Å². The number of benzene rings is 1. The molecule has 1 aromatic carbocycles. The summed E-state index contributed by atoms with van der Waals surface area (Å²) in [6, 6.07) is 5.90. The lowest BCUT2D eigenvalue weighted by atomic mass is 10.1. The molecule has 7 heteroatoms. The Morgan fingerprint density at radius 1 is 1.16 bits per heavy atom. The summed E-state index contributed by atoms with van der Waals surface area (Å²) < 4.78 is 31.3. The van der Waals surface area contributed by atoms with Gasteiger partial charge in [0, 0.05) is 6.04 Å². The molecule has 0 spiro atoms. The van der Waals surface area contributed by atoms with Gasteiger partial charge in [-0.3, -0.25) is 9.10 Å². The molecule has 1 aromatic rings. The molecule has 0 aliphatic rings. The summed E-state index contributed by atoms with van der Waals surface area (Å²) in [7, 11) is -3.62. The Kier molecular flexibility index (Phi) is 7.73. The fraction of sp³-hybridized carbons (Fsp3) is 0.611. The van der Waals surface area contributed by atoms with Crippen LogP contribution in [0.3, 0.4) is 0 Å². The van der Waals surface area contributed by atoms with E-state index in [2.05, 4.69) is 5.32 Å². The summed E-state index contributed by atoms with van der Waals surface area (Å²) in [5.41, 5.74) is 0.449. The Morgan fingerprint density at radius 3 is 2.12 bits per heavy atom. The van der Waals surface area contributed by atoms with Gasteiger partial charge in [0.15, 0.2) is 0 Å². The van der Waals surface area contributed by atoms with Crippen molar-refractivity contribution in [2.24, 2.45) is 5.92 Å². The molecule has 6 nitrogen and oxygen atoms in total. The minimum atomic E-state index is -3.62. The van der Waals surface area contributed by atoms with Crippen molar-refractivity contribution in [3.8, 4) is 5.75 Å². The monoisotopic (exact) mass is 370 g/mol. The Balaban J connectivity index is 3.17. The lowest BCUT2D eigenvalue weighted by Crippen LogP contribution is -2.51. The van der Waals surface area contributed by atoms with Gasteiger partial charge in [0.2, 0.25) is 15.9 Å². The second kappa shape index (κ2) is 9.08. The molecule has 0 heterocycles. The quantitative estimate of drug-likeness (QED) is 0.725. The van der Waals surface area contributed by atoms with Gasteiger partial charge < -0.3 is 10.1 Å². The maximum Gasteiger partial charge on any atom is 0.244 e. The third kappa shape index (κ3) is 5.92. The average molecular weight is 371 g/mol. The average Bonchev–Trinajstić information content (AvgIpc) is 2.52. The standard InChI is InChI=1S/C18H30N2O4S/c1-7-17(18(21)19-14(5)13(3)4)20(25(6,22)23)15-9-11-16(12-10-15)24-8-2/h9-14,17H,7-8H2,1-6H3,(H,19,21)/t14-,17+/m1/s1. The number of amides is 1. The Morgan fingerprint density at radius 2 is 1.72 bits per heavy atom. The van der Waals surface area contributed by atoms with Crippen LogP contribution >= 0.6 is 0 Å². The van der Waals surface area contributed by atoms with E-state index in [9.17, 15) is 13.2 Å². The van der Waals surface area contributed by atoms with Crippen LogP contribution in [0, 0.1) is 5.92 Å². The van der Waals surface area contributed by atoms with Crippen molar-refractivity contribution in [2.75, 3.05) is 17.2 Å². The SMILES string of the molecule is CCOc1ccc(N([C@@H](CC)C(=O)N[C@H](C)C(C)C)S(C)(=O)=O)cc1. The highest BCUT2D eigenvalue weighted by Crippen LogP contribution is 2.25. The van der Waals surface area contributed by atoms with Crippen molar-refractivity contribution < 1.29 is 17.9 Å². The van der Waals surface area contributed by atoms with Gasteiger partial charge in [-0.1, -0.05) is 20.8 Å². The fourth-order valence-electron chi connectivity index (χ4n) is 2.40. The van der Waals surface area contributed by atoms with Crippen LogP contribution in [-0.4, -0.2) is 39.3 Å². The summed E-state index contributed by atoms with van der Waals surface area (Å²) >= 11 is 0. The highest BCUT2D eigenvalue weighted by molar-refractivity contribution is 7.92. The number of nitrogens with zero attached hydrogens (tertiary/aromatic N) is 1. The first-order valence-electron chi connectivity index (χ1n) is 8.64. The lowest BCUT2D eigenvalue weighted by molar-refractivity contribution is -0.123. The number of carbonyl (C=O) groups excluding carboxylic acids is 1. The second-order valence-corrected chi connectivity index (χ2v) is 8.31. The molecule has 0 saturated carbocycles. The van der Waals surface area contributed by atoms with E-state index < -0.39 is 16.1 Å². The number of hydrogen-bond donors (Lipinski definition) is 1. The molecule has 0 unspecified atom stereocenters. The molecular weight excluding hydrogens is 340 g/mol. The molecule has 0 saturated heterocycles. The Hall–Kier alpha value is -1.76. The normalized spacial score (nSPS) is 14.0. The lowest BCUT2D eigenvalue weighted by Gasteiger charge is -2.31. The van der Waals surface area contributed by atoms with Crippen molar-refractivity contribution in [3.05, 3.63) is 24.3 Å². The maximum absolute atomic E-state index is 12.7. The Bertz CT molecular complexity index is 656. The first-order chi connectivity index (χ1) is 11.6. The summed E-state index contributed by atoms with van der Waals surface area (Å²) in [5, 5.41) is 2.91. The van der Waals surface area contributed by atoms with Gasteiger partial charge >= 0.3 is 0 Å². The van der Waals surface area contributed by atoms with E-state index in [0.717, 1.165) is 6.26 Å². The molecule has 25 heavy (non-hydrogen) atoms. The number of sulfonamides is 1. The highest BCUT2D eigenvalue weighted by Gasteiger charge is 2.32. The summed E-state index contributed by atoms with van der Waals surface area (Å²) in [6.07, 6.45) is 1.49. The van der Waals surface area contributed by atoms with Crippen LogP contribution in [-0.2, 0) is 14.8 Å². The van der Waals surface area contributed by atoms with Crippen molar-refractivity contribution >= 4 is 21.6 Å². The van der Waals surface area contributed by atoms with Gasteiger partial charge in [-0.05, 0) is 50.5 Å². The zero-order valence-corrected chi connectivity index (χ0v) is 16.8. The first-order valence-corrected chi connectivity index (χ1v) is 10.5. The molecule has 0 radical (unpaired) electrons. The van der Waals surface area contributed by atoms with E-state index in [1.807, 2.05) is 27.7 Å². The van der Waals surface area contributed by atoms with Crippen LogP contribution in [0.15, 0.2) is 24.3 Å². The summed E-state index contributed by atoms with van der Waals surface area (Å²) in [4.78, 5) is 12.7. The molecule has 1 rings (SSSR count). The van der Waals surface area contributed by atoms with Crippen LogP contribution < -0.4 is 14.4 Å². The van der Waals surface area contributed by atoms with Gasteiger partial charge in [0.05, 0.1) is 18.6 Å². The maximum atomic E-state index is 12.7. The number of carbonyl (C=O) groups is 1. The minimum absolute atomic E-state index is 0.0386. The number of nitrogens with one attached hydrogen (secondary N) is 1. The summed E-state index contributed by atoms with van der Waals surface area (Å²) in [5.74, 6) is 0.632. The molecule has 0 fully saturated rings. The van der Waals surface area contributed by atoms with E-state index in [0.29, 0.717) is 24.5 Å². The Labute approximate surface area is 151 Å². The van der Waals surface area contributed by atoms with Crippen LogP contribution in [0.5, 0.6) is 5.75 Å². The van der Waals surface area contributed by atoms with E-state index >= 15 is 0 Å². The zero-order valence-electron chi connectivity index (χ0n) is 15.9. The van der Waals surface area contributed by atoms with E-state index in [1.54, 1.807) is 31.2 Å². The molecule has 1 amide bonds. The van der Waals surface area contributed by atoms with Crippen LogP contribution in [0.1, 0.15) is 41.0 Å². The molecule has 1 N–H and O–H groups in total. The number of rotatable bonds is 9. The molecule has 0 bridgehead atoms. The molecule has 142 valence electrons. The molecular formula is C18H30N2O4S. The van der Waals surface area contributed by atoms with Gasteiger partial charge in [-0.25, -0.2) is 8.42 Å². The van der Waals surface area contributed by atoms with Crippen molar-refractivity contribution in [2.45, 2.75) is 53.1 Å². The second-order valence-electron chi connectivity index (χ2n) is 6.45. The largest absolute Gasteiger partial charge is 0.494 e. The van der Waals surface area contributed by atoms with E-state index in [-0.39, 0.29) is 17.9 Å². The van der Waals surface area contributed by atoms with Crippen molar-refractivity contribution in [1.82, 2.24) is 5.32 Å². The number of hydrogen-bond acceptors (Lipinski definition) is 4. The fourth-order valence-corrected chi connectivity index (χ4v) is 3.62. The van der Waals surface area contributed by atoms with E-state index in [1.165, 1.54) is 4.31 Å². The highest BCUT2D eigenvalue weighted by atomic mass is 32.2. The molecule has 0 aliphatic heterocycles. The first kappa shape index (κ1) is 21.3. The third-order valence-corrected chi connectivity index (χ3v) is 5.28. The minimum Gasteiger partial charge on any atom is -0.494 e. The van der Waals surface area contributed by atoms with Gasteiger partial charge in [-0.2, -0.15) is 0 Å². The predicted octanol–water partition coefficient (Wildman–Crippen LogP) is 2.79. The zero-order chi connectivity index (χ0) is 19.2. The number of anilines is 1. The summed E-state index contributed by atoms with van der Waals surface area (Å²) in [6.45, 7) is 10.1.